The molecule has 0 aliphatic rings. The van der Waals surface area contributed by atoms with Crippen molar-refractivity contribution in [3.63, 3.8) is 0 Å². The van der Waals surface area contributed by atoms with Crippen LogP contribution in [-0.4, -0.2) is 7.05 Å². The average Bonchev–Trinajstić information content (AvgIpc) is 2.81. The molecule has 3 rings (SSSR count). The first-order valence-electron chi connectivity index (χ1n) is 6.70. The molecule has 1 aromatic heterocycles. The van der Waals surface area contributed by atoms with Crippen LogP contribution in [0.15, 0.2) is 51.4 Å². The molecule has 0 radical (unpaired) electrons. The van der Waals surface area contributed by atoms with Crippen LogP contribution in [-0.2, 0) is 0 Å². The number of hydrogen-bond acceptors (Lipinski definition) is 2. The maximum atomic E-state index is 13.6. The fraction of sp³-hybridized carbons (Fsp3) is 0.176. The summed E-state index contributed by atoms with van der Waals surface area (Å²) in [7, 11) is 1.84. The molecule has 2 nitrogen and oxygen atoms in total. The van der Waals surface area contributed by atoms with E-state index in [1.54, 1.807) is 0 Å². The van der Waals surface area contributed by atoms with Gasteiger partial charge < -0.3 is 9.73 Å². The summed E-state index contributed by atoms with van der Waals surface area (Å²) in [5.41, 5.74) is 2.84. The van der Waals surface area contributed by atoms with Gasteiger partial charge in [-0.2, -0.15) is 0 Å². The van der Waals surface area contributed by atoms with E-state index >= 15 is 0 Å². The molecule has 0 aliphatic heterocycles. The van der Waals surface area contributed by atoms with Gasteiger partial charge in [0, 0.05) is 9.86 Å². The van der Waals surface area contributed by atoms with Crippen molar-refractivity contribution in [2.24, 2.45) is 0 Å². The lowest BCUT2D eigenvalue weighted by Gasteiger charge is -2.14. The number of halogens is 2. The van der Waals surface area contributed by atoms with Gasteiger partial charge in [0.15, 0.2) is 0 Å². The van der Waals surface area contributed by atoms with Crippen molar-refractivity contribution in [2.45, 2.75) is 13.0 Å². The van der Waals surface area contributed by atoms with Crippen molar-refractivity contribution in [1.29, 1.82) is 0 Å². The third-order valence-corrected chi connectivity index (χ3v) is 3.94. The molecule has 0 saturated heterocycles. The monoisotopic (exact) mass is 347 g/mol. The third kappa shape index (κ3) is 2.87. The van der Waals surface area contributed by atoms with Gasteiger partial charge in [0.2, 0.25) is 0 Å². The van der Waals surface area contributed by atoms with E-state index in [4.69, 9.17) is 4.42 Å². The predicted octanol–water partition coefficient (Wildman–Crippen LogP) is 4.95. The fourth-order valence-electron chi connectivity index (χ4n) is 2.54. The molecule has 1 heterocycles. The molecule has 1 atom stereocenters. The zero-order valence-corrected chi connectivity index (χ0v) is 13.4. The number of fused-ring (bicyclic) bond motifs is 1. The van der Waals surface area contributed by atoms with Crippen LogP contribution in [0.25, 0.3) is 11.0 Å². The minimum absolute atomic E-state index is 0.190. The summed E-state index contributed by atoms with van der Waals surface area (Å²) >= 11 is 3.33. The topological polar surface area (TPSA) is 25.2 Å². The highest BCUT2D eigenvalue weighted by Gasteiger charge is 2.18. The standard InChI is InChI=1S/C17H15BrFNO/c1-10-3-4-15-11(5-10)8-16(21-15)17(20-2)12-6-13(18)9-14(19)7-12/h3-9,17,20H,1-2H3. The van der Waals surface area contributed by atoms with Crippen molar-refractivity contribution in [1.82, 2.24) is 5.32 Å². The predicted molar refractivity (Wildman–Crippen MR) is 86.0 cm³/mol. The molecule has 2 aromatic carbocycles. The molecule has 1 unspecified atom stereocenters. The Labute approximate surface area is 131 Å². The maximum absolute atomic E-state index is 13.6. The number of benzene rings is 2. The minimum atomic E-state index is -0.272. The van der Waals surface area contributed by atoms with Crippen LogP contribution in [0.3, 0.4) is 0 Å². The van der Waals surface area contributed by atoms with E-state index in [1.807, 2.05) is 38.2 Å². The van der Waals surface area contributed by atoms with Crippen LogP contribution in [0.1, 0.15) is 22.9 Å². The molecule has 0 spiro atoms. The molecule has 1 N–H and O–H groups in total. The minimum Gasteiger partial charge on any atom is -0.459 e. The van der Waals surface area contributed by atoms with Crippen molar-refractivity contribution in [2.75, 3.05) is 7.05 Å². The maximum Gasteiger partial charge on any atom is 0.134 e. The number of nitrogens with one attached hydrogen (secondary N) is 1. The highest BCUT2D eigenvalue weighted by molar-refractivity contribution is 9.10. The fourth-order valence-corrected chi connectivity index (χ4v) is 3.02. The summed E-state index contributed by atoms with van der Waals surface area (Å²) in [6.45, 7) is 2.05. The molecule has 4 heteroatoms. The zero-order valence-electron chi connectivity index (χ0n) is 11.8. The van der Waals surface area contributed by atoms with Gasteiger partial charge in [-0.1, -0.05) is 27.6 Å². The summed E-state index contributed by atoms with van der Waals surface area (Å²) in [6, 6.07) is 12.7. The quantitative estimate of drug-likeness (QED) is 0.724. The van der Waals surface area contributed by atoms with Crippen LogP contribution < -0.4 is 5.32 Å². The van der Waals surface area contributed by atoms with Gasteiger partial charge in [-0.25, -0.2) is 4.39 Å². The van der Waals surface area contributed by atoms with Gasteiger partial charge in [0.1, 0.15) is 17.2 Å². The second kappa shape index (κ2) is 5.62. The second-order valence-electron chi connectivity index (χ2n) is 5.11. The Morgan fingerprint density at radius 2 is 1.95 bits per heavy atom. The van der Waals surface area contributed by atoms with E-state index in [0.29, 0.717) is 4.47 Å². The molecular weight excluding hydrogens is 333 g/mol. The smallest absolute Gasteiger partial charge is 0.134 e. The van der Waals surface area contributed by atoms with E-state index in [9.17, 15) is 4.39 Å². The van der Waals surface area contributed by atoms with Gasteiger partial charge in [0.25, 0.3) is 0 Å². The first-order chi connectivity index (χ1) is 10.1. The molecule has 0 amide bonds. The van der Waals surface area contributed by atoms with E-state index in [2.05, 4.69) is 27.3 Å². The van der Waals surface area contributed by atoms with Crippen molar-refractivity contribution in [3.05, 3.63) is 69.6 Å². The van der Waals surface area contributed by atoms with Gasteiger partial charge in [-0.05, 0) is 55.9 Å². The Kier molecular flexibility index (Phi) is 3.83. The van der Waals surface area contributed by atoms with E-state index < -0.39 is 0 Å². The molecule has 0 fully saturated rings. The SMILES string of the molecule is CNC(c1cc(F)cc(Br)c1)c1cc2cc(C)ccc2o1. The average molecular weight is 348 g/mol. The second-order valence-corrected chi connectivity index (χ2v) is 6.03. The Balaban J connectivity index is 2.08. The Morgan fingerprint density at radius 3 is 2.67 bits per heavy atom. The van der Waals surface area contributed by atoms with Crippen molar-refractivity contribution in [3.8, 4) is 0 Å². The van der Waals surface area contributed by atoms with Crippen LogP contribution in [0.2, 0.25) is 0 Å². The largest absolute Gasteiger partial charge is 0.459 e. The first kappa shape index (κ1) is 14.3. The van der Waals surface area contributed by atoms with Crippen LogP contribution in [0.5, 0.6) is 0 Å². The number of rotatable bonds is 3. The highest BCUT2D eigenvalue weighted by Crippen LogP contribution is 2.30. The summed E-state index contributed by atoms with van der Waals surface area (Å²) in [5.74, 6) is 0.502. The lowest BCUT2D eigenvalue weighted by Crippen LogP contribution is -2.17. The summed E-state index contributed by atoms with van der Waals surface area (Å²) in [4.78, 5) is 0. The van der Waals surface area contributed by atoms with Gasteiger partial charge >= 0.3 is 0 Å². The summed E-state index contributed by atoms with van der Waals surface area (Å²) in [5, 5.41) is 4.24. The summed E-state index contributed by atoms with van der Waals surface area (Å²) in [6.07, 6.45) is 0. The normalized spacial score (nSPS) is 12.8. The van der Waals surface area contributed by atoms with E-state index in [-0.39, 0.29) is 11.9 Å². The Morgan fingerprint density at radius 1 is 1.14 bits per heavy atom. The molecule has 3 aromatic rings. The van der Waals surface area contributed by atoms with Crippen molar-refractivity contribution >= 4 is 26.9 Å². The van der Waals surface area contributed by atoms with Gasteiger partial charge in [-0.15, -0.1) is 0 Å². The Hall–Kier alpha value is -1.65. The highest BCUT2D eigenvalue weighted by atomic mass is 79.9. The zero-order chi connectivity index (χ0) is 15.0. The molecule has 0 saturated carbocycles. The first-order valence-corrected chi connectivity index (χ1v) is 7.49. The van der Waals surface area contributed by atoms with Gasteiger partial charge in [-0.3, -0.25) is 0 Å². The lowest BCUT2D eigenvalue weighted by molar-refractivity contribution is 0.489. The molecule has 0 bridgehead atoms. The van der Waals surface area contributed by atoms with Gasteiger partial charge in [0.05, 0.1) is 6.04 Å². The number of aryl methyl sites for hydroxylation is 1. The molecule has 0 aliphatic carbocycles. The third-order valence-electron chi connectivity index (χ3n) is 3.48. The Bertz CT molecular complexity index is 776. The van der Waals surface area contributed by atoms with Crippen LogP contribution in [0, 0.1) is 12.7 Å². The lowest BCUT2D eigenvalue weighted by atomic mass is 10.0. The van der Waals surface area contributed by atoms with E-state index in [1.165, 1.54) is 17.7 Å². The van der Waals surface area contributed by atoms with Crippen LogP contribution in [0.4, 0.5) is 4.39 Å². The van der Waals surface area contributed by atoms with Crippen LogP contribution >= 0.6 is 15.9 Å². The number of furan rings is 1. The van der Waals surface area contributed by atoms with E-state index in [0.717, 1.165) is 22.3 Å². The summed E-state index contributed by atoms with van der Waals surface area (Å²) < 4.78 is 20.2. The molecule has 21 heavy (non-hydrogen) atoms. The molecular formula is C17H15BrFNO. The van der Waals surface area contributed by atoms with Crippen molar-refractivity contribution < 1.29 is 8.81 Å². The molecule has 108 valence electrons. The number of hydrogen-bond donors (Lipinski definition) is 1.